The fourth-order valence-electron chi connectivity index (χ4n) is 1.60. The van der Waals surface area contributed by atoms with E-state index in [2.05, 4.69) is 20.8 Å². The molecule has 9 heavy (non-hydrogen) atoms. The second-order valence-corrected chi connectivity index (χ2v) is 3.94. The van der Waals surface area contributed by atoms with E-state index in [0.717, 1.165) is 17.8 Å². The van der Waals surface area contributed by atoms with Gasteiger partial charge in [-0.05, 0) is 37.0 Å². The van der Waals surface area contributed by atoms with E-state index >= 15 is 0 Å². The summed E-state index contributed by atoms with van der Waals surface area (Å²) in [5, 5.41) is 0. The first-order chi connectivity index (χ1) is 4.20. The van der Waals surface area contributed by atoms with Crippen LogP contribution in [0.25, 0.3) is 0 Å². The van der Waals surface area contributed by atoms with E-state index in [1.807, 2.05) is 0 Å². The van der Waals surface area contributed by atoms with Crippen LogP contribution in [0, 0.1) is 17.8 Å². The lowest BCUT2D eigenvalue weighted by atomic mass is 9.95. The van der Waals surface area contributed by atoms with Gasteiger partial charge in [-0.1, -0.05) is 20.8 Å². The molecule has 0 heterocycles. The Hall–Kier alpha value is 0. The Morgan fingerprint density at radius 1 is 1.22 bits per heavy atom. The molecule has 0 nitrogen and oxygen atoms in total. The maximum Gasteiger partial charge on any atom is -0.0388 e. The number of hydrogen-bond donors (Lipinski definition) is 0. The van der Waals surface area contributed by atoms with E-state index in [9.17, 15) is 0 Å². The summed E-state index contributed by atoms with van der Waals surface area (Å²) in [5.41, 5.74) is 0. The van der Waals surface area contributed by atoms with E-state index in [0.29, 0.717) is 0 Å². The minimum absolute atomic E-state index is 0.903. The van der Waals surface area contributed by atoms with Crippen molar-refractivity contribution in [2.24, 2.45) is 17.8 Å². The molecule has 0 heteroatoms. The Labute approximate surface area is 58.7 Å². The summed E-state index contributed by atoms with van der Waals surface area (Å²) in [7, 11) is 0. The minimum Gasteiger partial charge on any atom is -0.0628 e. The molecule has 0 saturated heterocycles. The van der Waals surface area contributed by atoms with Crippen molar-refractivity contribution < 1.29 is 0 Å². The van der Waals surface area contributed by atoms with Gasteiger partial charge in [-0.3, -0.25) is 0 Å². The van der Waals surface area contributed by atoms with Gasteiger partial charge in [0.1, 0.15) is 0 Å². The molecule has 1 aliphatic carbocycles. The highest BCUT2D eigenvalue weighted by atomic mass is 14.3. The molecule has 0 radical (unpaired) electrons. The Kier molecular flexibility index (Phi) is 2.15. The van der Waals surface area contributed by atoms with Gasteiger partial charge in [-0.25, -0.2) is 0 Å². The van der Waals surface area contributed by atoms with Crippen LogP contribution in [-0.2, 0) is 0 Å². The zero-order valence-corrected chi connectivity index (χ0v) is 6.85. The molecule has 1 atom stereocenters. The third kappa shape index (κ3) is 2.38. The normalized spacial score (nSPS) is 22.7. The molecule has 1 unspecified atom stereocenters. The maximum absolute atomic E-state index is 2.40. The van der Waals surface area contributed by atoms with Crippen molar-refractivity contribution in [1.82, 2.24) is 0 Å². The van der Waals surface area contributed by atoms with Crippen molar-refractivity contribution in [2.45, 2.75) is 40.0 Å². The van der Waals surface area contributed by atoms with Crippen molar-refractivity contribution in [3.8, 4) is 0 Å². The first kappa shape index (κ1) is 7.11. The van der Waals surface area contributed by atoms with E-state index in [-0.39, 0.29) is 0 Å². The summed E-state index contributed by atoms with van der Waals surface area (Å²) in [4.78, 5) is 0. The Morgan fingerprint density at radius 3 is 2.11 bits per heavy atom. The van der Waals surface area contributed by atoms with Gasteiger partial charge in [0.15, 0.2) is 0 Å². The predicted molar refractivity (Wildman–Crippen MR) is 41.3 cm³/mol. The monoisotopic (exact) mass is 126 g/mol. The first-order valence-corrected chi connectivity index (χ1v) is 4.20. The SMILES string of the molecule is CC(C)CC(C)C1CC1. The molecule has 1 aliphatic rings. The van der Waals surface area contributed by atoms with E-state index in [1.165, 1.54) is 19.3 Å². The molecular weight excluding hydrogens is 108 g/mol. The van der Waals surface area contributed by atoms with Crippen LogP contribution in [0.3, 0.4) is 0 Å². The molecule has 0 aromatic rings. The van der Waals surface area contributed by atoms with Crippen molar-refractivity contribution >= 4 is 0 Å². The summed E-state index contributed by atoms with van der Waals surface area (Å²) in [6.07, 6.45) is 4.45. The van der Waals surface area contributed by atoms with Gasteiger partial charge in [0.2, 0.25) is 0 Å². The van der Waals surface area contributed by atoms with Gasteiger partial charge in [0.25, 0.3) is 0 Å². The molecule has 0 N–H and O–H groups in total. The summed E-state index contributed by atoms with van der Waals surface area (Å²) < 4.78 is 0. The zero-order valence-electron chi connectivity index (χ0n) is 6.85. The Balaban J connectivity index is 2.10. The molecule has 0 amide bonds. The molecule has 0 bridgehead atoms. The van der Waals surface area contributed by atoms with Crippen LogP contribution in [0.2, 0.25) is 0 Å². The van der Waals surface area contributed by atoms with Crippen LogP contribution < -0.4 is 0 Å². The van der Waals surface area contributed by atoms with Gasteiger partial charge >= 0.3 is 0 Å². The van der Waals surface area contributed by atoms with Gasteiger partial charge in [0.05, 0.1) is 0 Å². The van der Waals surface area contributed by atoms with Crippen LogP contribution in [0.15, 0.2) is 0 Å². The van der Waals surface area contributed by atoms with Gasteiger partial charge in [-0.15, -0.1) is 0 Å². The fourth-order valence-corrected chi connectivity index (χ4v) is 1.60. The van der Waals surface area contributed by atoms with E-state index < -0.39 is 0 Å². The standard InChI is InChI=1S/C9H18/c1-7(2)6-8(3)9-4-5-9/h7-9H,4-6H2,1-3H3. The van der Waals surface area contributed by atoms with Crippen LogP contribution in [0.1, 0.15) is 40.0 Å². The Morgan fingerprint density at radius 2 is 1.78 bits per heavy atom. The third-order valence-corrected chi connectivity index (χ3v) is 2.27. The first-order valence-electron chi connectivity index (χ1n) is 4.20. The average molecular weight is 126 g/mol. The lowest BCUT2D eigenvalue weighted by Gasteiger charge is -2.11. The second-order valence-electron chi connectivity index (χ2n) is 3.94. The summed E-state index contributed by atoms with van der Waals surface area (Å²) in [6, 6.07) is 0. The maximum atomic E-state index is 2.40. The second kappa shape index (κ2) is 2.72. The van der Waals surface area contributed by atoms with Crippen molar-refractivity contribution in [1.29, 1.82) is 0 Å². The topological polar surface area (TPSA) is 0 Å². The van der Waals surface area contributed by atoms with Gasteiger partial charge < -0.3 is 0 Å². The largest absolute Gasteiger partial charge is 0.0628 e. The van der Waals surface area contributed by atoms with Crippen molar-refractivity contribution in [2.75, 3.05) is 0 Å². The van der Waals surface area contributed by atoms with Crippen LogP contribution in [-0.4, -0.2) is 0 Å². The van der Waals surface area contributed by atoms with Crippen LogP contribution in [0.4, 0.5) is 0 Å². The number of rotatable bonds is 3. The molecule has 0 aromatic carbocycles. The molecule has 0 aromatic heterocycles. The highest BCUT2D eigenvalue weighted by Gasteiger charge is 2.27. The van der Waals surface area contributed by atoms with E-state index in [1.54, 1.807) is 0 Å². The highest BCUT2D eigenvalue weighted by molar-refractivity contribution is 4.78. The number of hydrogen-bond acceptors (Lipinski definition) is 0. The smallest absolute Gasteiger partial charge is 0.0388 e. The van der Waals surface area contributed by atoms with Crippen molar-refractivity contribution in [3.63, 3.8) is 0 Å². The fraction of sp³-hybridized carbons (Fsp3) is 1.00. The zero-order chi connectivity index (χ0) is 6.85. The summed E-state index contributed by atoms with van der Waals surface area (Å²) in [6.45, 7) is 7.04. The highest BCUT2D eigenvalue weighted by Crippen LogP contribution is 2.39. The predicted octanol–water partition coefficient (Wildman–Crippen LogP) is 3.08. The van der Waals surface area contributed by atoms with Crippen LogP contribution in [0.5, 0.6) is 0 Å². The van der Waals surface area contributed by atoms with Gasteiger partial charge in [0, 0.05) is 0 Å². The minimum atomic E-state index is 0.903. The summed E-state index contributed by atoms with van der Waals surface area (Å²) in [5.74, 6) is 3.01. The molecule has 0 aliphatic heterocycles. The molecular formula is C9H18. The molecule has 0 spiro atoms. The summed E-state index contributed by atoms with van der Waals surface area (Å²) >= 11 is 0. The van der Waals surface area contributed by atoms with Gasteiger partial charge in [-0.2, -0.15) is 0 Å². The van der Waals surface area contributed by atoms with Crippen molar-refractivity contribution in [3.05, 3.63) is 0 Å². The Bertz CT molecular complexity index is 80.0. The van der Waals surface area contributed by atoms with E-state index in [4.69, 9.17) is 0 Å². The lowest BCUT2D eigenvalue weighted by molar-refractivity contribution is 0.398. The lowest BCUT2D eigenvalue weighted by Crippen LogP contribution is -2.01. The molecule has 1 fully saturated rings. The molecule has 54 valence electrons. The molecule has 1 saturated carbocycles. The third-order valence-electron chi connectivity index (χ3n) is 2.27. The quantitative estimate of drug-likeness (QED) is 0.545. The van der Waals surface area contributed by atoms with Crippen LogP contribution >= 0.6 is 0 Å². The average Bonchev–Trinajstić information content (AvgIpc) is 2.40. The molecule has 1 rings (SSSR count).